The number of rotatable bonds is 5. The van der Waals surface area contributed by atoms with Crippen LogP contribution in [-0.4, -0.2) is 35.4 Å². The number of nitrogens with one attached hydrogen (secondary N) is 1. The van der Waals surface area contributed by atoms with Crippen LogP contribution in [0.2, 0.25) is 10.0 Å². The Morgan fingerprint density at radius 1 is 1.23 bits per heavy atom. The summed E-state index contributed by atoms with van der Waals surface area (Å²) >= 11 is 11.6. The van der Waals surface area contributed by atoms with Crippen molar-refractivity contribution in [2.24, 2.45) is 0 Å². The largest absolute Gasteiger partial charge is 0.491 e. The molecule has 0 heterocycles. The molecule has 0 spiro atoms. The second kappa shape index (κ2) is 7.56. The van der Waals surface area contributed by atoms with Crippen molar-refractivity contribution in [3.8, 4) is 5.75 Å². The number of ether oxygens (including phenoxy) is 2. The van der Waals surface area contributed by atoms with Crippen LogP contribution in [0.25, 0.3) is 0 Å². The van der Waals surface area contributed by atoms with Crippen LogP contribution in [0.3, 0.4) is 0 Å². The minimum Gasteiger partial charge on any atom is -0.491 e. The predicted molar refractivity (Wildman–Crippen MR) is 82.8 cm³/mol. The third-order valence-electron chi connectivity index (χ3n) is 2.24. The van der Waals surface area contributed by atoms with Crippen molar-refractivity contribution in [3.63, 3.8) is 0 Å². The van der Waals surface area contributed by atoms with E-state index >= 15 is 0 Å². The molecule has 22 heavy (non-hydrogen) atoms. The van der Waals surface area contributed by atoms with Crippen molar-refractivity contribution in [2.45, 2.75) is 32.4 Å². The Balaban J connectivity index is 2.65. The number of hydrogen-bond acceptors (Lipinski definition) is 4. The molecule has 1 rings (SSSR count). The molecule has 0 aromatic heterocycles. The molecule has 2 N–H and O–H groups in total. The van der Waals surface area contributed by atoms with Gasteiger partial charge < -0.3 is 19.9 Å². The van der Waals surface area contributed by atoms with Crippen LogP contribution < -0.4 is 10.1 Å². The molecule has 0 aliphatic carbocycles. The van der Waals surface area contributed by atoms with Gasteiger partial charge in [0.05, 0.1) is 0 Å². The highest BCUT2D eigenvalue weighted by molar-refractivity contribution is 6.34. The number of hydrogen-bond donors (Lipinski definition) is 2. The van der Waals surface area contributed by atoms with Crippen LogP contribution in [0.5, 0.6) is 5.75 Å². The van der Waals surface area contributed by atoms with Gasteiger partial charge in [0, 0.05) is 10.0 Å². The summed E-state index contributed by atoms with van der Waals surface area (Å²) in [5.41, 5.74) is -0.728. The molecule has 0 bridgehead atoms. The number of carboxylic acid groups (broad SMARTS) is 1. The quantitative estimate of drug-likeness (QED) is 0.851. The molecular formula is C14H17Cl2NO5. The fourth-order valence-corrected chi connectivity index (χ4v) is 1.92. The third kappa shape index (κ3) is 6.87. The van der Waals surface area contributed by atoms with E-state index in [0.717, 1.165) is 0 Å². The Hall–Kier alpha value is -1.66. The van der Waals surface area contributed by atoms with Crippen LogP contribution in [-0.2, 0) is 9.53 Å². The van der Waals surface area contributed by atoms with Gasteiger partial charge in [-0.25, -0.2) is 9.59 Å². The van der Waals surface area contributed by atoms with Crippen LogP contribution in [0.4, 0.5) is 4.79 Å². The SMILES string of the molecule is CC(C)(C)OC(=O)NC(COc1cc(Cl)cc(Cl)c1)C(=O)O. The molecule has 0 saturated carbocycles. The van der Waals surface area contributed by atoms with Crippen molar-refractivity contribution in [1.82, 2.24) is 5.32 Å². The summed E-state index contributed by atoms with van der Waals surface area (Å²) in [7, 11) is 0. The zero-order valence-electron chi connectivity index (χ0n) is 12.4. The molecule has 0 aliphatic heterocycles. The predicted octanol–water partition coefficient (Wildman–Crippen LogP) is 3.35. The van der Waals surface area contributed by atoms with E-state index in [2.05, 4.69) is 5.32 Å². The van der Waals surface area contributed by atoms with Gasteiger partial charge in [-0.3, -0.25) is 0 Å². The molecular weight excluding hydrogens is 333 g/mol. The zero-order chi connectivity index (χ0) is 16.9. The summed E-state index contributed by atoms with van der Waals surface area (Å²) in [6, 6.07) is 3.22. The lowest BCUT2D eigenvalue weighted by Crippen LogP contribution is -2.46. The number of alkyl carbamates (subject to hydrolysis) is 1. The van der Waals surface area contributed by atoms with Gasteiger partial charge in [0.15, 0.2) is 6.04 Å². The first-order valence-electron chi connectivity index (χ1n) is 6.38. The Bertz CT molecular complexity index is 536. The molecule has 6 nitrogen and oxygen atoms in total. The smallest absolute Gasteiger partial charge is 0.408 e. The molecule has 0 fully saturated rings. The summed E-state index contributed by atoms with van der Waals surface area (Å²) in [6.07, 6.45) is -0.840. The van der Waals surface area contributed by atoms with Crippen molar-refractivity contribution in [2.75, 3.05) is 6.61 Å². The fourth-order valence-electron chi connectivity index (χ4n) is 1.42. The standard InChI is InChI=1S/C14H17Cl2NO5/c1-14(2,3)22-13(20)17-11(12(18)19)7-21-10-5-8(15)4-9(16)6-10/h4-6,11H,7H2,1-3H3,(H,17,20)(H,18,19). The molecule has 8 heteroatoms. The van der Waals surface area contributed by atoms with E-state index in [1.165, 1.54) is 18.2 Å². The Kier molecular flexibility index (Phi) is 6.32. The second-order valence-corrected chi connectivity index (χ2v) is 6.33. The maximum absolute atomic E-state index is 11.6. The van der Waals surface area contributed by atoms with Crippen molar-refractivity contribution >= 4 is 35.3 Å². The van der Waals surface area contributed by atoms with Gasteiger partial charge in [-0.1, -0.05) is 23.2 Å². The Morgan fingerprint density at radius 2 is 1.77 bits per heavy atom. The molecule has 1 atom stereocenters. The normalized spacial score (nSPS) is 12.4. The molecule has 1 amide bonds. The molecule has 0 radical (unpaired) electrons. The summed E-state index contributed by atoms with van der Waals surface area (Å²) in [5, 5.41) is 12.0. The number of carbonyl (C=O) groups is 2. The van der Waals surface area contributed by atoms with E-state index < -0.39 is 23.7 Å². The average Bonchev–Trinajstić information content (AvgIpc) is 2.30. The first-order chi connectivity index (χ1) is 10.1. The highest BCUT2D eigenvalue weighted by Gasteiger charge is 2.24. The number of aliphatic carboxylic acids is 1. The minimum atomic E-state index is -1.27. The maximum Gasteiger partial charge on any atom is 0.408 e. The van der Waals surface area contributed by atoms with E-state index in [4.69, 9.17) is 37.8 Å². The van der Waals surface area contributed by atoms with Crippen molar-refractivity contribution in [1.29, 1.82) is 0 Å². The lowest BCUT2D eigenvalue weighted by atomic mass is 10.2. The number of benzene rings is 1. The Labute approximate surface area is 138 Å². The lowest BCUT2D eigenvalue weighted by molar-refractivity contribution is -0.140. The van der Waals surface area contributed by atoms with E-state index in [1.54, 1.807) is 20.8 Å². The van der Waals surface area contributed by atoms with Gasteiger partial charge >= 0.3 is 12.1 Å². The van der Waals surface area contributed by atoms with E-state index in [-0.39, 0.29) is 6.61 Å². The average molecular weight is 350 g/mol. The van der Waals surface area contributed by atoms with Crippen LogP contribution in [0, 0.1) is 0 Å². The van der Waals surface area contributed by atoms with E-state index in [0.29, 0.717) is 15.8 Å². The number of halogens is 2. The third-order valence-corrected chi connectivity index (χ3v) is 2.68. The molecule has 1 unspecified atom stereocenters. The second-order valence-electron chi connectivity index (χ2n) is 5.45. The van der Waals surface area contributed by atoms with Crippen molar-refractivity contribution in [3.05, 3.63) is 28.2 Å². The summed E-state index contributed by atoms with van der Waals surface area (Å²) < 4.78 is 10.3. The molecule has 122 valence electrons. The number of carbonyl (C=O) groups excluding carboxylic acids is 1. The highest BCUT2D eigenvalue weighted by atomic mass is 35.5. The minimum absolute atomic E-state index is 0.300. The molecule has 1 aromatic rings. The number of amides is 1. The van der Waals surface area contributed by atoms with Gasteiger partial charge in [-0.05, 0) is 39.0 Å². The summed E-state index contributed by atoms with van der Waals surface area (Å²) in [5.74, 6) is -0.950. The monoisotopic (exact) mass is 349 g/mol. The molecule has 0 saturated heterocycles. The van der Waals surface area contributed by atoms with Crippen LogP contribution >= 0.6 is 23.2 Å². The number of carboxylic acids is 1. The summed E-state index contributed by atoms with van der Waals surface area (Å²) in [6.45, 7) is 4.72. The van der Waals surface area contributed by atoms with Crippen LogP contribution in [0.15, 0.2) is 18.2 Å². The maximum atomic E-state index is 11.6. The van der Waals surface area contributed by atoms with Gasteiger partial charge in [0.1, 0.15) is 18.0 Å². The van der Waals surface area contributed by atoms with Gasteiger partial charge in [-0.15, -0.1) is 0 Å². The first kappa shape index (κ1) is 18.4. The summed E-state index contributed by atoms with van der Waals surface area (Å²) in [4.78, 5) is 22.8. The van der Waals surface area contributed by atoms with Crippen molar-refractivity contribution < 1.29 is 24.2 Å². The topological polar surface area (TPSA) is 84.9 Å². The first-order valence-corrected chi connectivity index (χ1v) is 7.13. The Morgan fingerprint density at radius 3 is 2.23 bits per heavy atom. The molecule has 1 aromatic carbocycles. The van der Waals surface area contributed by atoms with E-state index in [1.807, 2.05) is 0 Å². The van der Waals surface area contributed by atoms with Gasteiger partial charge in [0.2, 0.25) is 0 Å². The van der Waals surface area contributed by atoms with E-state index in [9.17, 15) is 9.59 Å². The zero-order valence-corrected chi connectivity index (χ0v) is 13.9. The van der Waals surface area contributed by atoms with Crippen LogP contribution in [0.1, 0.15) is 20.8 Å². The molecule has 0 aliphatic rings. The van der Waals surface area contributed by atoms with Gasteiger partial charge in [-0.2, -0.15) is 0 Å². The lowest BCUT2D eigenvalue weighted by Gasteiger charge is -2.22. The fraction of sp³-hybridized carbons (Fsp3) is 0.429. The highest BCUT2D eigenvalue weighted by Crippen LogP contribution is 2.24. The van der Waals surface area contributed by atoms with Gasteiger partial charge in [0.25, 0.3) is 0 Å².